The van der Waals surface area contributed by atoms with Gasteiger partial charge in [0.1, 0.15) is 5.78 Å². The average Bonchev–Trinajstić information content (AvgIpc) is 2.76. The first-order valence-corrected chi connectivity index (χ1v) is 8.09. The summed E-state index contributed by atoms with van der Waals surface area (Å²) in [5.74, 6) is 0.227. The second kappa shape index (κ2) is 5.07. The maximum Gasteiger partial charge on any atom is 0.254 e. The van der Waals surface area contributed by atoms with Gasteiger partial charge in [-0.15, -0.1) is 11.3 Å². The fraction of sp³-hybridized carbons (Fsp3) is 0.636. The van der Waals surface area contributed by atoms with E-state index in [4.69, 9.17) is 0 Å². The normalized spacial score (nSPS) is 18.5. The highest BCUT2D eigenvalue weighted by Crippen LogP contribution is 2.27. The molecule has 1 fully saturated rings. The second-order valence-corrected chi connectivity index (χ2v) is 7.95. The van der Waals surface area contributed by atoms with Crippen LogP contribution in [0.25, 0.3) is 0 Å². The average molecular weight is 288 g/mol. The molecule has 1 heterocycles. The number of sulfonamides is 1. The van der Waals surface area contributed by atoms with E-state index >= 15 is 0 Å². The van der Waals surface area contributed by atoms with Crippen LogP contribution in [0.2, 0.25) is 0 Å². The van der Waals surface area contributed by atoms with Crippen molar-refractivity contribution >= 4 is 27.1 Å². The standard InChI is InChI=1S/C11H16N2O3S2/c1-8-12-7-11(17-8)18(15,16)13(2)9-3-5-10(14)6-4-9/h7,9H,3-6H2,1-2H3. The Hall–Kier alpha value is -0.790. The first-order chi connectivity index (χ1) is 8.41. The summed E-state index contributed by atoms with van der Waals surface area (Å²) in [4.78, 5) is 15.2. The first kappa shape index (κ1) is 13.6. The number of Topliss-reactive ketones (excluding diaryl/α,β-unsaturated/α-hetero) is 1. The van der Waals surface area contributed by atoms with Gasteiger partial charge in [-0.05, 0) is 19.8 Å². The van der Waals surface area contributed by atoms with Crippen molar-refractivity contribution in [1.82, 2.24) is 9.29 Å². The van der Waals surface area contributed by atoms with E-state index < -0.39 is 10.0 Å². The summed E-state index contributed by atoms with van der Waals surface area (Å²) in [6, 6.07) is -0.0740. The molecule has 18 heavy (non-hydrogen) atoms. The van der Waals surface area contributed by atoms with Crippen LogP contribution in [-0.2, 0) is 14.8 Å². The van der Waals surface area contributed by atoms with Crippen molar-refractivity contribution in [2.45, 2.75) is 42.9 Å². The van der Waals surface area contributed by atoms with E-state index in [1.165, 1.54) is 21.8 Å². The number of hydrogen-bond donors (Lipinski definition) is 0. The number of rotatable bonds is 3. The topological polar surface area (TPSA) is 67.3 Å². The van der Waals surface area contributed by atoms with Gasteiger partial charge < -0.3 is 0 Å². The Morgan fingerprint density at radius 2 is 2.00 bits per heavy atom. The molecule has 5 nitrogen and oxygen atoms in total. The van der Waals surface area contributed by atoms with Crippen LogP contribution in [-0.4, -0.2) is 36.6 Å². The molecule has 1 aromatic heterocycles. The maximum absolute atomic E-state index is 12.3. The number of ketones is 1. The summed E-state index contributed by atoms with van der Waals surface area (Å²) in [5, 5.41) is 0.737. The van der Waals surface area contributed by atoms with Crippen molar-refractivity contribution in [3.05, 3.63) is 11.2 Å². The van der Waals surface area contributed by atoms with Gasteiger partial charge in [0.05, 0.1) is 11.2 Å². The Bertz CT molecular complexity index is 540. The van der Waals surface area contributed by atoms with Gasteiger partial charge in [0.15, 0.2) is 4.21 Å². The summed E-state index contributed by atoms with van der Waals surface area (Å²) in [6.07, 6.45) is 3.59. The Labute approximate surface area is 111 Å². The van der Waals surface area contributed by atoms with Gasteiger partial charge in [-0.1, -0.05) is 0 Å². The molecule has 0 aromatic carbocycles. The lowest BCUT2D eigenvalue weighted by atomic mass is 9.95. The molecule has 1 saturated carbocycles. The summed E-state index contributed by atoms with van der Waals surface area (Å²) < 4.78 is 26.3. The molecule has 1 aliphatic rings. The van der Waals surface area contributed by atoms with Gasteiger partial charge in [0, 0.05) is 25.9 Å². The van der Waals surface area contributed by atoms with Crippen LogP contribution in [0, 0.1) is 6.92 Å². The van der Waals surface area contributed by atoms with Gasteiger partial charge in [0.25, 0.3) is 10.0 Å². The molecule has 0 amide bonds. The Kier molecular flexibility index (Phi) is 3.84. The molecule has 2 rings (SSSR count). The molecule has 0 radical (unpaired) electrons. The largest absolute Gasteiger partial charge is 0.300 e. The Balaban J connectivity index is 2.17. The fourth-order valence-corrected chi connectivity index (χ4v) is 4.80. The van der Waals surface area contributed by atoms with Gasteiger partial charge in [0.2, 0.25) is 0 Å². The third-order valence-electron chi connectivity index (χ3n) is 3.26. The molecule has 0 bridgehead atoms. The molecular weight excluding hydrogens is 272 g/mol. The highest BCUT2D eigenvalue weighted by Gasteiger charge is 2.31. The number of nitrogens with zero attached hydrogens (tertiary/aromatic N) is 2. The van der Waals surface area contributed by atoms with Crippen molar-refractivity contribution in [2.75, 3.05) is 7.05 Å². The van der Waals surface area contributed by atoms with E-state index in [9.17, 15) is 13.2 Å². The molecular formula is C11H16N2O3S2. The van der Waals surface area contributed by atoms with Crippen LogP contribution in [0.4, 0.5) is 0 Å². The van der Waals surface area contributed by atoms with E-state index in [0.29, 0.717) is 25.7 Å². The second-order valence-electron chi connectivity index (χ2n) is 4.49. The number of thiazole rings is 1. The molecule has 0 unspecified atom stereocenters. The fourth-order valence-electron chi connectivity index (χ4n) is 2.09. The molecule has 0 spiro atoms. The summed E-state index contributed by atoms with van der Waals surface area (Å²) >= 11 is 1.18. The molecule has 100 valence electrons. The van der Waals surface area contributed by atoms with Gasteiger partial charge in [-0.2, -0.15) is 4.31 Å². The number of aryl methyl sites for hydroxylation is 1. The number of hydrogen-bond acceptors (Lipinski definition) is 5. The minimum atomic E-state index is -3.46. The lowest BCUT2D eigenvalue weighted by Crippen LogP contribution is -2.39. The van der Waals surface area contributed by atoms with Crippen LogP contribution in [0.15, 0.2) is 10.4 Å². The zero-order chi connectivity index (χ0) is 13.3. The zero-order valence-corrected chi connectivity index (χ0v) is 12.1. The summed E-state index contributed by atoms with van der Waals surface area (Å²) in [6.45, 7) is 1.78. The van der Waals surface area contributed by atoms with Crippen molar-refractivity contribution in [2.24, 2.45) is 0 Å². The predicted octanol–water partition coefficient (Wildman–Crippen LogP) is 1.58. The highest BCUT2D eigenvalue weighted by molar-refractivity contribution is 7.91. The van der Waals surface area contributed by atoms with E-state index in [-0.39, 0.29) is 16.0 Å². The molecule has 7 heteroatoms. The van der Waals surface area contributed by atoms with Gasteiger partial charge >= 0.3 is 0 Å². The first-order valence-electron chi connectivity index (χ1n) is 5.83. The van der Waals surface area contributed by atoms with Crippen molar-refractivity contribution < 1.29 is 13.2 Å². The third-order valence-corrected chi connectivity index (χ3v) is 6.52. The number of carbonyl (C=O) groups excluding carboxylic acids is 1. The van der Waals surface area contributed by atoms with E-state index in [1.807, 2.05) is 0 Å². The molecule has 0 saturated heterocycles. The van der Waals surface area contributed by atoms with E-state index in [1.54, 1.807) is 14.0 Å². The molecule has 0 N–H and O–H groups in total. The maximum atomic E-state index is 12.3. The smallest absolute Gasteiger partial charge is 0.254 e. The predicted molar refractivity (Wildman–Crippen MR) is 69.1 cm³/mol. The molecule has 0 atom stereocenters. The Morgan fingerprint density at radius 1 is 1.39 bits per heavy atom. The minimum Gasteiger partial charge on any atom is -0.300 e. The van der Waals surface area contributed by atoms with Crippen molar-refractivity contribution in [3.8, 4) is 0 Å². The van der Waals surface area contributed by atoms with Gasteiger partial charge in [-0.25, -0.2) is 13.4 Å². The molecule has 1 aliphatic carbocycles. The molecule has 1 aromatic rings. The van der Waals surface area contributed by atoms with Crippen molar-refractivity contribution in [3.63, 3.8) is 0 Å². The third kappa shape index (κ3) is 2.62. The van der Waals surface area contributed by atoms with E-state index in [2.05, 4.69) is 4.98 Å². The van der Waals surface area contributed by atoms with Crippen LogP contribution in [0.3, 0.4) is 0 Å². The quantitative estimate of drug-likeness (QED) is 0.847. The zero-order valence-electron chi connectivity index (χ0n) is 10.4. The monoisotopic (exact) mass is 288 g/mol. The number of aromatic nitrogens is 1. The van der Waals surface area contributed by atoms with Crippen LogP contribution in [0.1, 0.15) is 30.7 Å². The Morgan fingerprint density at radius 3 is 2.50 bits per heavy atom. The lowest BCUT2D eigenvalue weighted by molar-refractivity contribution is -0.120. The van der Waals surface area contributed by atoms with Crippen LogP contribution in [0.5, 0.6) is 0 Å². The van der Waals surface area contributed by atoms with Crippen LogP contribution >= 0.6 is 11.3 Å². The van der Waals surface area contributed by atoms with Crippen molar-refractivity contribution in [1.29, 1.82) is 0 Å². The highest BCUT2D eigenvalue weighted by atomic mass is 32.2. The summed E-state index contributed by atoms with van der Waals surface area (Å²) in [7, 11) is -1.87. The minimum absolute atomic E-state index is 0.0740. The molecule has 0 aliphatic heterocycles. The lowest BCUT2D eigenvalue weighted by Gasteiger charge is -2.29. The SMILES string of the molecule is Cc1ncc(S(=O)(=O)N(C)C2CCC(=O)CC2)s1. The van der Waals surface area contributed by atoms with Crippen LogP contribution < -0.4 is 0 Å². The van der Waals surface area contributed by atoms with E-state index in [0.717, 1.165) is 5.01 Å². The van der Waals surface area contributed by atoms with Gasteiger partial charge in [-0.3, -0.25) is 4.79 Å². The number of carbonyl (C=O) groups is 1. The summed E-state index contributed by atoms with van der Waals surface area (Å²) in [5.41, 5.74) is 0.